The van der Waals surface area contributed by atoms with Gasteiger partial charge >= 0.3 is 5.97 Å². The minimum Gasteiger partial charge on any atom is -0.312 e. The molecule has 0 atom stereocenters. The zero-order valence-corrected chi connectivity index (χ0v) is 13.8. The third kappa shape index (κ3) is 3.59. The summed E-state index contributed by atoms with van der Waals surface area (Å²) >= 11 is 3.13. The minimum atomic E-state index is -0.751. The van der Waals surface area contributed by atoms with Crippen molar-refractivity contribution >= 4 is 39.1 Å². The van der Waals surface area contributed by atoms with Crippen molar-refractivity contribution in [1.82, 2.24) is 0 Å². The van der Waals surface area contributed by atoms with E-state index in [0.29, 0.717) is 21.3 Å². The molecule has 1 aromatic rings. The standard InChI is InChI=1S/C15H11BrN2O5/c1-8-9(2)14(19)12(16)7-13(8)17-23-15(20)10-3-5-11(6-4-10)18(21)22/h3-7H,1-2H3/b17-13-. The number of benzene rings is 1. The van der Waals surface area contributed by atoms with Gasteiger partial charge < -0.3 is 4.84 Å². The summed E-state index contributed by atoms with van der Waals surface area (Å²) in [5.41, 5.74) is 1.47. The fraction of sp³-hybridized carbons (Fsp3) is 0.133. The van der Waals surface area contributed by atoms with Crippen LogP contribution in [0.2, 0.25) is 0 Å². The first-order chi connectivity index (χ1) is 10.8. The molecular weight excluding hydrogens is 368 g/mol. The van der Waals surface area contributed by atoms with Gasteiger partial charge in [0, 0.05) is 17.7 Å². The third-order valence-corrected chi connectivity index (χ3v) is 3.90. The molecule has 0 saturated heterocycles. The number of ketones is 1. The van der Waals surface area contributed by atoms with Gasteiger partial charge in [0.15, 0.2) is 5.78 Å². The maximum Gasteiger partial charge on any atom is 0.365 e. The average Bonchev–Trinajstić information content (AvgIpc) is 2.54. The lowest BCUT2D eigenvalue weighted by Gasteiger charge is -2.12. The molecule has 7 nitrogen and oxygen atoms in total. The van der Waals surface area contributed by atoms with Crippen LogP contribution in [0.3, 0.4) is 0 Å². The Morgan fingerprint density at radius 3 is 2.39 bits per heavy atom. The number of carbonyl (C=O) groups is 2. The van der Waals surface area contributed by atoms with E-state index in [2.05, 4.69) is 21.1 Å². The van der Waals surface area contributed by atoms with E-state index in [1.54, 1.807) is 13.8 Å². The van der Waals surface area contributed by atoms with Crippen LogP contribution in [0.1, 0.15) is 24.2 Å². The molecule has 0 radical (unpaired) electrons. The normalized spacial score (nSPS) is 16.4. The molecule has 1 aliphatic carbocycles. The Hall–Kier alpha value is -2.61. The lowest BCUT2D eigenvalue weighted by Crippen LogP contribution is -2.15. The number of hydrogen-bond donors (Lipinski definition) is 0. The molecule has 0 spiro atoms. The number of nitrogens with zero attached hydrogens (tertiary/aromatic N) is 2. The summed E-state index contributed by atoms with van der Waals surface area (Å²) in [7, 11) is 0. The Morgan fingerprint density at radius 1 is 1.22 bits per heavy atom. The Balaban J connectivity index is 2.18. The average molecular weight is 379 g/mol. The van der Waals surface area contributed by atoms with Crippen LogP contribution >= 0.6 is 15.9 Å². The number of Topliss-reactive ketones (excluding diaryl/α,β-unsaturated/α-hetero) is 1. The van der Waals surface area contributed by atoms with Crippen LogP contribution < -0.4 is 0 Å². The molecule has 1 aromatic carbocycles. The molecule has 2 rings (SSSR count). The Bertz CT molecular complexity index is 791. The molecular formula is C15H11BrN2O5. The monoisotopic (exact) mass is 378 g/mol. The van der Waals surface area contributed by atoms with Gasteiger partial charge in [-0.1, -0.05) is 5.16 Å². The van der Waals surface area contributed by atoms with E-state index in [4.69, 9.17) is 4.84 Å². The predicted molar refractivity (Wildman–Crippen MR) is 86.3 cm³/mol. The van der Waals surface area contributed by atoms with Crippen molar-refractivity contribution in [2.75, 3.05) is 0 Å². The van der Waals surface area contributed by atoms with Gasteiger partial charge in [-0.2, -0.15) is 0 Å². The maximum atomic E-state index is 11.9. The van der Waals surface area contributed by atoms with Crippen molar-refractivity contribution in [2.24, 2.45) is 5.16 Å². The van der Waals surface area contributed by atoms with Gasteiger partial charge in [-0.3, -0.25) is 14.9 Å². The fourth-order valence-corrected chi connectivity index (χ4v) is 2.31. The van der Waals surface area contributed by atoms with E-state index in [9.17, 15) is 19.7 Å². The second-order valence-electron chi connectivity index (χ2n) is 4.73. The number of carbonyl (C=O) groups excluding carboxylic acids is 2. The predicted octanol–water partition coefficient (Wildman–Crippen LogP) is 3.31. The fourth-order valence-electron chi connectivity index (χ4n) is 1.79. The second-order valence-corrected chi connectivity index (χ2v) is 5.58. The van der Waals surface area contributed by atoms with E-state index >= 15 is 0 Å². The van der Waals surface area contributed by atoms with Crippen molar-refractivity contribution in [3.63, 3.8) is 0 Å². The van der Waals surface area contributed by atoms with Gasteiger partial charge in [0.05, 0.1) is 15.0 Å². The first-order valence-corrected chi connectivity index (χ1v) is 7.24. The SMILES string of the molecule is CC1=C(C)/C(=N\OC(=O)c2ccc([N+](=O)[O-])cc2)C=C(Br)C1=O. The first kappa shape index (κ1) is 16.8. The highest BCUT2D eigenvalue weighted by molar-refractivity contribution is 9.12. The third-order valence-electron chi connectivity index (χ3n) is 3.31. The second kappa shape index (κ2) is 6.66. The molecule has 8 heteroatoms. The number of hydrogen-bond acceptors (Lipinski definition) is 6. The summed E-state index contributed by atoms with van der Waals surface area (Å²) in [6.45, 7) is 3.35. The van der Waals surface area contributed by atoms with Crippen molar-refractivity contribution in [1.29, 1.82) is 0 Å². The van der Waals surface area contributed by atoms with Gasteiger partial charge in [0.2, 0.25) is 0 Å². The molecule has 0 heterocycles. The molecule has 1 aliphatic rings. The summed E-state index contributed by atoms with van der Waals surface area (Å²) in [5.74, 6) is -0.901. The number of rotatable bonds is 3. The smallest absolute Gasteiger partial charge is 0.312 e. The van der Waals surface area contributed by atoms with Crippen LogP contribution in [0.5, 0.6) is 0 Å². The van der Waals surface area contributed by atoms with Crippen molar-refractivity contribution < 1.29 is 19.3 Å². The lowest BCUT2D eigenvalue weighted by atomic mass is 9.97. The van der Waals surface area contributed by atoms with Crippen LogP contribution in [-0.4, -0.2) is 22.4 Å². The maximum absolute atomic E-state index is 11.9. The molecule has 0 bridgehead atoms. The number of allylic oxidation sites excluding steroid dienone is 4. The molecule has 0 saturated carbocycles. The van der Waals surface area contributed by atoms with E-state index in [-0.39, 0.29) is 17.0 Å². The summed E-state index contributed by atoms with van der Waals surface area (Å²) in [5, 5.41) is 14.3. The number of nitro benzene ring substituents is 1. The highest BCUT2D eigenvalue weighted by Crippen LogP contribution is 2.23. The van der Waals surface area contributed by atoms with Crippen LogP contribution in [-0.2, 0) is 9.63 Å². The van der Waals surface area contributed by atoms with Gasteiger partial charge in [0.25, 0.3) is 5.69 Å². The molecule has 0 unspecified atom stereocenters. The Kier molecular flexibility index (Phi) is 4.85. The van der Waals surface area contributed by atoms with Crippen molar-refractivity contribution in [2.45, 2.75) is 13.8 Å². The molecule has 0 aromatic heterocycles. The summed E-state index contributed by atoms with van der Waals surface area (Å²) < 4.78 is 0.325. The molecule has 118 valence electrons. The highest BCUT2D eigenvalue weighted by Gasteiger charge is 2.21. The Labute approximate surface area is 139 Å². The zero-order chi connectivity index (χ0) is 17.1. The number of oxime groups is 1. The van der Waals surface area contributed by atoms with Crippen LogP contribution in [0, 0.1) is 10.1 Å². The first-order valence-electron chi connectivity index (χ1n) is 6.45. The van der Waals surface area contributed by atoms with Gasteiger partial charge in [0.1, 0.15) is 5.71 Å². The van der Waals surface area contributed by atoms with E-state index in [1.165, 1.54) is 30.3 Å². The van der Waals surface area contributed by atoms with Gasteiger partial charge in [-0.25, -0.2) is 4.79 Å². The molecule has 23 heavy (non-hydrogen) atoms. The summed E-state index contributed by atoms with van der Waals surface area (Å²) in [6.07, 6.45) is 1.47. The molecule has 0 fully saturated rings. The van der Waals surface area contributed by atoms with Crippen LogP contribution in [0.25, 0.3) is 0 Å². The van der Waals surface area contributed by atoms with Crippen LogP contribution in [0.4, 0.5) is 5.69 Å². The molecule has 0 aliphatic heterocycles. The van der Waals surface area contributed by atoms with Gasteiger partial charge in [-0.15, -0.1) is 0 Å². The number of nitro groups is 1. The topological polar surface area (TPSA) is 98.9 Å². The number of halogens is 1. The largest absolute Gasteiger partial charge is 0.365 e. The Morgan fingerprint density at radius 2 is 1.83 bits per heavy atom. The number of non-ortho nitro benzene ring substituents is 1. The van der Waals surface area contributed by atoms with Crippen molar-refractivity contribution in [3.05, 3.63) is 61.6 Å². The van der Waals surface area contributed by atoms with Crippen LogP contribution in [0.15, 0.2) is 51.1 Å². The summed E-state index contributed by atoms with van der Waals surface area (Å²) in [4.78, 5) is 38.5. The van der Waals surface area contributed by atoms with Crippen molar-refractivity contribution in [3.8, 4) is 0 Å². The van der Waals surface area contributed by atoms with E-state index in [1.807, 2.05) is 0 Å². The quantitative estimate of drug-likeness (QED) is 0.347. The summed E-state index contributed by atoms with van der Waals surface area (Å²) in [6, 6.07) is 4.97. The minimum absolute atomic E-state index is 0.125. The molecule has 0 amide bonds. The molecule has 0 N–H and O–H groups in total. The lowest BCUT2D eigenvalue weighted by molar-refractivity contribution is -0.384. The van der Waals surface area contributed by atoms with E-state index in [0.717, 1.165) is 0 Å². The zero-order valence-electron chi connectivity index (χ0n) is 12.2. The van der Waals surface area contributed by atoms with Gasteiger partial charge in [-0.05, 0) is 53.6 Å². The van der Waals surface area contributed by atoms with E-state index < -0.39 is 10.9 Å². The highest BCUT2D eigenvalue weighted by atomic mass is 79.9.